The lowest BCUT2D eigenvalue weighted by molar-refractivity contribution is 0.0551. The van der Waals surface area contributed by atoms with E-state index in [0.29, 0.717) is 6.10 Å². The molecule has 2 heteroatoms. The minimum atomic E-state index is 0.570. The summed E-state index contributed by atoms with van der Waals surface area (Å²) in [6.45, 7) is 2.29. The largest absolute Gasteiger partial charge is 0.400 e. The van der Waals surface area contributed by atoms with E-state index in [0.717, 1.165) is 13.0 Å². The van der Waals surface area contributed by atoms with Crippen molar-refractivity contribution in [2.45, 2.75) is 83.7 Å². The zero-order chi connectivity index (χ0) is 13.6. The van der Waals surface area contributed by atoms with Crippen LogP contribution in [0.2, 0.25) is 0 Å². The first-order valence-corrected chi connectivity index (χ1v) is 7.84. The molecule has 1 aliphatic rings. The number of aliphatic hydroxyl groups excluding tert-OH is 1. The third-order valence-electron chi connectivity index (χ3n) is 4.09. The molecule has 0 atom stereocenters. The van der Waals surface area contributed by atoms with Crippen molar-refractivity contribution < 1.29 is 9.84 Å². The van der Waals surface area contributed by atoms with Gasteiger partial charge in [-0.3, -0.25) is 0 Å². The molecule has 0 aromatic rings. The molecule has 2 nitrogen and oxygen atoms in total. The Hall–Kier alpha value is -0.0800. The second-order valence-electron chi connectivity index (χ2n) is 5.43. The molecule has 1 fully saturated rings. The van der Waals surface area contributed by atoms with Crippen molar-refractivity contribution in [1.82, 2.24) is 0 Å². The van der Waals surface area contributed by atoms with E-state index in [1.807, 2.05) is 7.11 Å². The zero-order valence-corrected chi connectivity index (χ0v) is 12.8. The van der Waals surface area contributed by atoms with Crippen LogP contribution in [0.15, 0.2) is 0 Å². The molecule has 0 saturated heterocycles. The van der Waals surface area contributed by atoms with Crippen LogP contribution in [0.25, 0.3) is 0 Å². The highest BCUT2D eigenvalue weighted by molar-refractivity contribution is 4.72. The van der Waals surface area contributed by atoms with Gasteiger partial charge < -0.3 is 9.84 Å². The summed E-state index contributed by atoms with van der Waals surface area (Å²) >= 11 is 0. The van der Waals surface area contributed by atoms with Gasteiger partial charge in [-0.1, -0.05) is 51.9 Å². The summed E-state index contributed by atoms with van der Waals surface area (Å²) in [7, 11) is 2.86. The number of hydrogen-bond donors (Lipinski definition) is 1. The van der Waals surface area contributed by atoms with Gasteiger partial charge in [0.1, 0.15) is 0 Å². The first-order chi connectivity index (χ1) is 8.86. The van der Waals surface area contributed by atoms with Crippen LogP contribution in [0.4, 0.5) is 0 Å². The Kier molecular flexibility index (Phi) is 13.3. The molecule has 0 aromatic heterocycles. The Morgan fingerprint density at radius 2 is 1.44 bits per heavy atom. The monoisotopic (exact) mass is 258 g/mol. The molecule has 1 aliphatic carbocycles. The summed E-state index contributed by atoms with van der Waals surface area (Å²) in [4.78, 5) is 0. The second kappa shape index (κ2) is 13.4. The molecular formula is C16H34O2. The topological polar surface area (TPSA) is 29.5 Å². The van der Waals surface area contributed by atoms with E-state index in [9.17, 15) is 0 Å². The third-order valence-corrected chi connectivity index (χ3v) is 4.09. The van der Waals surface area contributed by atoms with E-state index < -0.39 is 0 Å². The maximum atomic E-state index is 7.00. The lowest BCUT2D eigenvalue weighted by atomic mass is 9.84. The molecule has 0 unspecified atom stereocenters. The summed E-state index contributed by atoms with van der Waals surface area (Å²) in [5, 5.41) is 7.00. The van der Waals surface area contributed by atoms with E-state index in [4.69, 9.17) is 9.84 Å². The average molecular weight is 258 g/mol. The highest BCUT2D eigenvalue weighted by Crippen LogP contribution is 2.29. The minimum Gasteiger partial charge on any atom is -0.400 e. The summed E-state index contributed by atoms with van der Waals surface area (Å²) in [5.74, 6) is 1.01. The maximum Gasteiger partial charge on any atom is 0.0571 e. The highest BCUT2D eigenvalue weighted by Gasteiger charge is 2.19. The fourth-order valence-electron chi connectivity index (χ4n) is 2.87. The molecule has 1 N–H and O–H groups in total. The molecule has 18 heavy (non-hydrogen) atoms. The van der Waals surface area contributed by atoms with E-state index in [2.05, 4.69) is 6.92 Å². The fourth-order valence-corrected chi connectivity index (χ4v) is 2.87. The van der Waals surface area contributed by atoms with Crippen LogP contribution < -0.4 is 0 Å². The number of rotatable bonds is 8. The predicted molar refractivity (Wildman–Crippen MR) is 78.9 cm³/mol. The smallest absolute Gasteiger partial charge is 0.0571 e. The summed E-state index contributed by atoms with van der Waals surface area (Å²) in [5.41, 5.74) is 0. The van der Waals surface area contributed by atoms with Crippen molar-refractivity contribution in [2.24, 2.45) is 5.92 Å². The maximum absolute atomic E-state index is 7.00. The number of aliphatic hydroxyl groups is 1. The van der Waals surface area contributed by atoms with Gasteiger partial charge in [0.05, 0.1) is 6.10 Å². The van der Waals surface area contributed by atoms with Gasteiger partial charge in [0.15, 0.2) is 0 Å². The van der Waals surface area contributed by atoms with Crippen LogP contribution in [0.5, 0.6) is 0 Å². The van der Waals surface area contributed by atoms with Gasteiger partial charge in [0.2, 0.25) is 0 Å². The number of methoxy groups -OCH3 is 1. The Balaban J connectivity index is 0.00000137. The van der Waals surface area contributed by atoms with Crippen molar-refractivity contribution in [2.75, 3.05) is 14.2 Å². The predicted octanol–water partition coefficient (Wildman–Crippen LogP) is 4.55. The highest BCUT2D eigenvalue weighted by atomic mass is 16.5. The Labute approximate surface area is 114 Å². The molecule has 0 bridgehead atoms. The standard InChI is InChI=1S/C15H30O.CH4O/c1-3-4-5-6-7-8-9-14-10-12-15(16-2)13-11-14;1-2/h14-15H,3-13H2,1-2H3;2H,1H3. The summed E-state index contributed by atoms with van der Waals surface area (Å²) in [6.07, 6.45) is 16.1. The molecule has 1 rings (SSSR count). The third kappa shape index (κ3) is 8.93. The molecule has 0 aliphatic heterocycles. The molecular weight excluding hydrogens is 224 g/mol. The minimum absolute atomic E-state index is 0.570. The normalized spacial score (nSPS) is 23.3. The van der Waals surface area contributed by atoms with Crippen LogP contribution in [0.3, 0.4) is 0 Å². The fraction of sp³-hybridized carbons (Fsp3) is 1.00. The van der Waals surface area contributed by atoms with E-state index in [1.165, 1.54) is 70.6 Å². The molecule has 0 aromatic carbocycles. The number of hydrogen-bond acceptors (Lipinski definition) is 2. The first-order valence-electron chi connectivity index (χ1n) is 7.84. The van der Waals surface area contributed by atoms with Gasteiger partial charge in [-0.2, -0.15) is 0 Å². The van der Waals surface area contributed by atoms with Crippen LogP contribution in [0.1, 0.15) is 77.6 Å². The van der Waals surface area contributed by atoms with Crippen molar-refractivity contribution in [3.63, 3.8) is 0 Å². The van der Waals surface area contributed by atoms with Crippen LogP contribution in [-0.4, -0.2) is 25.4 Å². The van der Waals surface area contributed by atoms with Crippen LogP contribution >= 0.6 is 0 Å². The molecule has 1 saturated carbocycles. The van der Waals surface area contributed by atoms with E-state index in [1.54, 1.807) is 0 Å². The van der Waals surface area contributed by atoms with Gasteiger partial charge in [-0.25, -0.2) is 0 Å². The van der Waals surface area contributed by atoms with Crippen molar-refractivity contribution >= 4 is 0 Å². The van der Waals surface area contributed by atoms with E-state index in [-0.39, 0.29) is 0 Å². The second-order valence-corrected chi connectivity index (χ2v) is 5.43. The van der Waals surface area contributed by atoms with Gasteiger partial charge in [0.25, 0.3) is 0 Å². The number of ether oxygens (including phenoxy) is 1. The molecule has 0 amide bonds. The first kappa shape index (κ1) is 17.9. The van der Waals surface area contributed by atoms with Gasteiger partial charge in [0, 0.05) is 14.2 Å². The Bertz CT molecular complexity index is 151. The molecule has 0 heterocycles. The molecule has 110 valence electrons. The Morgan fingerprint density at radius 3 is 2.00 bits per heavy atom. The van der Waals surface area contributed by atoms with Gasteiger partial charge >= 0.3 is 0 Å². The number of unbranched alkanes of at least 4 members (excludes halogenated alkanes) is 5. The summed E-state index contributed by atoms with van der Waals surface area (Å²) < 4.78 is 5.41. The SMILES string of the molecule is CCCCCCCCC1CCC(OC)CC1.CO. The van der Waals surface area contributed by atoms with Gasteiger partial charge in [-0.15, -0.1) is 0 Å². The average Bonchev–Trinajstić information content (AvgIpc) is 2.45. The van der Waals surface area contributed by atoms with Crippen molar-refractivity contribution in [1.29, 1.82) is 0 Å². The van der Waals surface area contributed by atoms with Crippen LogP contribution in [-0.2, 0) is 4.74 Å². The molecule has 0 radical (unpaired) electrons. The molecule has 0 spiro atoms. The van der Waals surface area contributed by atoms with Crippen molar-refractivity contribution in [3.05, 3.63) is 0 Å². The zero-order valence-electron chi connectivity index (χ0n) is 12.8. The lowest BCUT2D eigenvalue weighted by Gasteiger charge is -2.27. The lowest BCUT2D eigenvalue weighted by Crippen LogP contribution is -2.20. The van der Waals surface area contributed by atoms with Crippen molar-refractivity contribution in [3.8, 4) is 0 Å². The Morgan fingerprint density at radius 1 is 0.889 bits per heavy atom. The quantitative estimate of drug-likeness (QED) is 0.647. The van der Waals surface area contributed by atoms with E-state index >= 15 is 0 Å². The summed E-state index contributed by atoms with van der Waals surface area (Å²) in [6, 6.07) is 0. The van der Waals surface area contributed by atoms with Crippen LogP contribution in [0, 0.1) is 5.92 Å². The van der Waals surface area contributed by atoms with Gasteiger partial charge in [-0.05, 0) is 31.6 Å².